The summed E-state index contributed by atoms with van der Waals surface area (Å²) < 4.78 is 5.16. The van der Waals surface area contributed by atoms with E-state index < -0.39 is 11.9 Å². The number of carbonyl (C=O) groups is 2. The van der Waals surface area contributed by atoms with Crippen LogP contribution in [0.25, 0.3) is 0 Å². The van der Waals surface area contributed by atoms with E-state index in [4.69, 9.17) is 10.5 Å². The highest BCUT2D eigenvalue weighted by atomic mass is 16.5. The van der Waals surface area contributed by atoms with Gasteiger partial charge in [-0.3, -0.25) is 4.79 Å². The van der Waals surface area contributed by atoms with Gasteiger partial charge in [-0.15, -0.1) is 0 Å². The maximum absolute atomic E-state index is 11.8. The first-order valence-corrected chi connectivity index (χ1v) is 5.78. The van der Waals surface area contributed by atoms with E-state index in [1.165, 1.54) is 24.3 Å². The Morgan fingerprint density at radius 2 is 1.47 bits per heavy atom. The molecule has 2 N–H and O–H groups in total. The standard InChI is InChI=1S/C15H13NO3/c16-14(17)12-6-8-13(9-7-12)15(18)19-10-11-4-2-1-3-5-11/h1-9H,10H2,(H2,16,17). The predicted octanol–water partition coefficient (Wildman–Crippen LogP) is 2.14. The van der Waals surface area contributed by atoms with Crippen LogP contribution in [0.3, 0.4) is 0 Å². The highest BCUT2D eigenvalue weighted by molar-refractivity contribution is 5.95. The third-order valence-corrected chi connectivity index (χ3v) is 2.62. The van der Waals surface area contributed by atoms with Gasteiger partial charge >= 0.3 is 5.97 Å². The third kappa shape index (κ3) is 3.42. The zero-order valence-electron chi connectivity index (χ0n) is 10.2. The largest absolute Gasteiger partial charge is 0.457 e. The first-order chi connectivity index (χ1) is 9.16. The van der Waals surface area contributed by atoms with E-state index in [-0.39, 0.29) is 6.61 Å². The van der Waals surface area contributed by atoms with Crippen molar-refractivity contribution in [3.63, 3.8) is 0 Å². The second-order valence-corrected chi connectivity index (χ2v) is 4.00. The lowest BCUT2D eigenvalue weighted by atomic mass is 10.1. The number of amides is 1. The average molecular weight is 255 g/mol. The van der Waals surface area contributed by atoms with Gasteiger partial charge in [0.25, 0.3) is 0 Å². The number of benzene rings is 2. The molecule has 0 saturated heterocycles. The summed E-state index contributed by atoms with van der Waals surface area (Å²) in [7, 11) is 0. The molecular formula is C15H13NO3. The quantitative estimate of drug-likeness (QED) is 0.851. The van der Waals surface area contributed by atoms with Crippen LogP contribution >= 0.6 is 0 Å². The normalized spacial score (nSPS) is 9.89. The first kappa shape index (κ1) is 12.8. The Kier molecular flexibility index (Phi) is 3.93. The molecule has 0 aliphatic rings. The Bertz CT molecular complexity index is 576. The molecule has 0 spiro atoms. The van der Waals surface area contributed by atoms with Gasteiger partial charge in [0.1, 0.15) is 6.61 Å². The van der Waals surface area contributed by atoms with Crippen molar-refractivity contribution in [2.75, 3.05) is 0 Å². The molecule has 0 fully saturated rings. The summed E-state index contributed by atoms with van der Waals surface area (Å²) in [6.45, 7) is 0.219. The van der Waals surface area contributed by atoms with E-state index in [0.29, 0.717) is 11.1 Å². The van der Waals surface area contributed by atoms with Gasteiger partial charge in [-0.2, -0.15) is 0 Å². The van der Waals surface area contributed by atoms with E-state index in [1.54, 1.807) is 0 Å². The molecule has 0 unspecified atom stereocenters. The summed E-state index contributed by atoms with van der Waals surface area (Å²) in [6, 6.07) is 15.5. The van der Waals surface area contributed by atoms with Crippen LogP contribution in [0.4, 0.5) is 0 Å². The smallest absolute Gasteiger partial charge is 0.338 e. The predicted molar refractivity (Wildman–Crippen MR) is 70.5 cm³/mol. The van der Waals surface area contributed by atoms with Gasteiger partial charge in [0.2, 0.25) is 5.91 Å². The van der Waals surface area contributed by atoms with Crippen molar-refractivity contribution in [2.24, 2.45) is 5.73 Å². The zero-order chi connectivity index (χ0) is 13.7. The molecule has 1 amide bonds. The van der Waals surface area contributed by atoms with Crippen LogP contribution in [0.5, 0.6) is 0 Å². The number of rotatable bonds is 4. The Balaban J connectivity index is 1.98. The molecule has 2 aromatic rings. The number of nitrogens with two attached hydrogens (primary N) is 1. The van der Waals surface area contributed by atoms with Gasteiger partial charge in [-0.05, 0) is 29.8 Å². The minimum atomic E-state index is -0.524. The van der Waals surface area contributed by atoms with Crippen LogP contribution in [0.2, 0.25) is 0 Å². The average Bonchev–Trinajstić information content (AvgIpc) is 2.46. The SMILES string of the molecule is NC(=O)c1ccc(C(=O)OCc2ccccc2)cc1. The van der Waals surface area contributed by atoms with Crippen molar-refractivity contribution >= 4 is 11.9 Å². The number of hydrogen-bond donors (Lipinski definition) is 1. The minimum Gasteiger partial charge on any atom is -0.457 e. The topological polar surface area (TPSA) is 69.4 Å². The van der Waals surface area contributed by atoms with Gasteiger partial charge in [-0.1, -0.05) is 30.3 Å². The molecule has 4 heteroatoms. The molecule has 0 saturated carbocycles. The summed E-state index contributed by atoms with van der Waals surface area (Å²) in [5.41, 5.74) is 6.79. The van der Waals surface area contributed by atoms with Crippen molar-refractivity contribution in [1.82, 2.24) is 0 Å². The maximum atomic E-state index is 11.8. The number of ether oxygens (including phenoxy) is 1. The summed E-state index contributed by atoms with van der Waals surface area (Å²) in [4.78, 5) is 22.7. The van der Waals surface area contributed by atoms with Crippen LogP contribution in [0, 0.1) is 0 Å². The van der Waals surface area contributed by atoms with E-state index >= 15 is 0 Å². The lowest BCUT2D eigenvalue weighted by Crippen LogP contribution is -2.11. The summed E-state index contributed by atoms with van der Waals surface area (Å²) in [6.07, 6.45) is 0. The number of carbonyl (C=O) groups excluding carboxylic acids is 2. The minimum absolute atomic E-state index is 0.219. The Morgan fingerprint density at radius 1 is 0.895 bits per heavy atom. The second-order valence-electron chi connectivity index (χ2n) is 4.00. The van der Waals surface area contributed by atoms with Gasteiger partial charge in [0.05, 0.1) is 5.56 Å². The fourth-order valence-electron chi connectivity index (χ4n) is 1.58. The molecule has 0 aromatic heterocycles. The van der Waals surface area contributed by atoms with Crippen molar-refractivity contribution in [2.45, 2.75) is 6.61 Å². The first-order valence-electron chi connectivity index (χ1n) is 5.78. The highest BCUT2D eigenvalue weighted by Crippen LogP contribution is 2.08. The second kappa shape index (κ2) is 5.82. The van der Waals surface area contributed by atoms with E-state index in [1.807, 2.05) is 30.3 Å². The summed E-state index contributed by atoms with van der Waals surface area (Å²) >= 11 is 0. The molecule has 4 nitrogen and oxygen atoms in total. The van der Waals surface area contributed by atoms with E-state index in [9.17, 15) is 9.59 Å². The summed E-state index contributed by atoms with van der Waals surface area (Å²) in [5, 5.41) is 0. The van der Waals surface area contributed by atoms with Crippen LogP contribution in [0.15, 0.2) is 54.6 Å². The number of hydrogen-bond acceptors (Lipinski definition) is 3. The third-order valence-electron chi connectivity index (χ3n) is 2.62. The zero-order valence-corrected chi connectivity index (χ0v) is 10.2. The molecule has 2 rings (SSSR count). The van der Waals surface area contributed by atoms with E-state index in [0.717, 1.165) is 5.56 Å². The molecule has 2 aromatic carbocycles. The van der Waals surface area contributed by atoms with Gasteiger partial charge < -0.3 is 10.5 Å². The van der Waals surface area contributed by atoms with Crippen molar-refractivity contribution in [3.05, 3.63) is 71.3 Å². The Morgan fingerprint density at radius 3 is 2.05 bits per heavy atom. The number of primary amides is 1. The number of esters is 1. The lowest BCUT2D eigenvalue weighted by molar-refractivity contribution is 0.0472. The van der Waals surface area contributed by atoms with Crippen molar-refractivity contribution < 1.29 is 14.3 Å². The molecule has 19 heavy (non-hydrogen) atoms. The molecular weight excluding hydrogens is 242 g/mol. The van der Waals surface area contributed by atoms with Gasteiger partial charge in [0, 0.05) is 5.56 Å². The lowest BCUT2D eigenvalue weighted by Gasteiger charge is -2.05. The molecule has 0 aliphatic heterocycles. The highest BCUT2D eigenvalue weighted by Gasteiger charge is 2.08. The maximum Gasteiger partial charge on any atom is 0.338 e. The fraction of sp³-hybridized carbons (Fsp3) is 0.0667. The summed E-state index contributed by atoms with van der Waals surface area (Å²) in [5.74, 6) is -0.955. The Hall–Kier alpha value is -2.62. The molecule has 0 bridgehead atoms. The van der Waals surface area contributed by atoms with Crippen LogP contribution < -0.4 is 5.73 Å². The Labute approximate surface area is 110 Å². The molecule has 0 heterocycles. The van der Waals surface area contributed by atoms with Crippen LogP contribution in [-0.2, 0) is 11.3 Å². The molecule has 0 atom stereocenters. The molecule has 0 aliphatic carbocycles. The monoisotopic (exact) mass is 255 g/mol. The van der Waals surface area contributed by atoms with Crippen molar-refractivity contribution in [3.8, 4) is 0 Å². The van der Waals surface area contributed by atoms with Crippen molar-refractivity contribution in [1.29, 1.82) is 0 Å². The van der Waals surface area contributed by atoms with Gasteiger partial charge in [-0.25, -0.2) is 4.79 Å². The van der Waals surface area contributed by atoms with Gasteiger partial charge in [0.15, 0.2) is 0 Å². The van der Waals surface area contributed by atoms with Crippen LogP contribution in [-0.4, -0.2) is 11.9 Å². The molecule has 0 radical (unpaired) electrons. The fourth-order valence-corrected chi connectivity index (χ4v) is 1.58. The van der Waals surface area contributed by atoms with E-state index in [2.05, 4.69) is 0 Å². The molecule has 96 valence electrons. The van der Waals surface area contributed by atoms with Crippen LogP contribution in [0.1, 0.15) is 26.3 Å².